The molecule has 1 aliphatic heterocycles. The minimum atomic E-state index is -1.99. The van der Waals surface area contributed by atoms with Gasteiger partial charge in [-0.3, -0.25) is 0 Å². The molecule has 0 N–H and O–H groups in total. The number of amides is 2. The Bertz CT molecular complexity index is 725. The molecule has 0 radical (unpaired) electrons. The number of carbonyl (C=O) groups is 2. The molecule has 1 aromatic rings. The average Bonchev–Trinajstić information content (AvgIpc) is 2.87. The average molecular weight is 485 g/mol. The molecule has 0 aliphatic carbocycles. The summed E-state index contributed by atoms with van der Waals surface area (Å²) in [5, 5.41) is 0.0692. The van der Waals surface area contributed by atoms with Gasteiger partial charge in [-0.05, 0) is 0 Å². The fraction of sp³-hybridized carbons (Fsp3) is 0.636. The molecular weight excluding hydrogens is 449 g/mol. The third kappa shape index (κ3) is 6.42. The van der Waals surface area contributed by atoms with Gasteiger partial charge < -0.3 is 0 Å². The van der Waals surface area contributed by atoms with Crippen LogP contribution < -0.4 is 4.46 Å². The summed E-state index contributed by atoms with van der Waals surface area (Å²) < 4.78 is 13.1. The first-order valence-electron chi connectivity index (χ1n) is 10.1. The number of hydrogen-bond donors (Lipinski definition) is 0. The quantitative estimate of drug-likeness (QED) is 0.583. The molecule has 5 nitrogen and oxygen atoms in total. The zero-order chi connectivity index (χ0) is 22.0. The molecule has 162 valence electrons. The number of rotatable bonds is 5. The summed E-state index contributed by atoms with van der Waals surface area (Å²) in [6.45, 7) is 16.8. The molecule has 1 aliphatic rings. The third-order valence-corrected chi connectivity index (χ3v) is 12.5. The molecule has 1 aromatic carbocycles. The van der Waals surface area contributed by atoms with Crippen LogP contribution in [0.2, 0.25) is 22.9 Å². The summed E-state index contributed by atoms with van der Waals surface area (Å²) in [7, 11) is -1.99. The fourth-order valence-corrected chi connectivity index (χ4v) is 6.27. The predicted octanol–water partition coefficient (Wildman–Crippen LogP) is 4.36. The van der Waals surface area contributed by atoms with Crippen LogP contribution in [0.25, 0.3) is 0 Å². The van der Waals surface area contributed by atoms with E-state index in [1.54, 1.807) is 0 Å². The number of carbonyl (C=O) groups excluding carboxylic acids is 2. The van der Waals surface area contributed by atoms with Crippen LogP contribution in [0.1, 0.15) is 48.0 Å². The van der Waals surface area contributed by atoms with E-state index in [0.29, 0.717) is 13.0 Å². The van der Waals surface area contributed by atoms with Crippen LogP contribution in [0.15, 0.2) is 30.3 Å². The normalized spacial score (nSPS) is 20.8. The van der Waals surface area contributed by atoms with E-state index in [1.807, 2.05) is 51.1 Å². The molecule has 1 unspecified atom stereocenters. The SMILES string of the molecule is CC(C)(C)OC(=O)N1C(=O)C([Se]c2ccccc2)C[C@H]1CO[Si](C)(C)C(C)(C)C. The first kappa shape index (κ1) is 24.1. The number of benzene rings is 1. The van der Waals surface area contributed by atoms with Gasteiger partial charge in [-0.25, -0.2) is 0 Å². The van der Waals surface area contributed by atoms with Crippen molar-refractivity contribution in [2.45, 2.75) is 82.6 Å². The van der Waals surface area contributed by atoms with Gasteiger partial charge in [0.2, 0.25) is 0 Å². The van der Waals surface area contributed by atoms with Crippen LogP contribution in [0.4, 0.5) is 4.79 Å². The van der Waals surface area contributed by atoms with E-state index < -0.39 is 20.0 Å². The second kappa shape index (κ2) is 8.92. The van der Waals surface area contributed by atoms with Crippen LogP contribution in [0.5, 0.6) is 0 Å². The molecule has 1 fully saturated rings. The van der Waals surface area contributed by atoms with Crippen molar-refractivity contribution >= 4 is 39.7 Å². The predicted molar refractivity (Wildman–Crippen MR) is 120 cm³/mol. The maximum absolute atomic E-state index is 13.2. The van der Waals surface area contributed by atoms with Gasteiger partial charge in [0, 0.05) is 0 Å². The zero-order valence-corrected chi connectivity index (χ0v) is 21.7. The molecular formula is C22H35NO4SeSi. The van der Waals surface area contributed by atoms with E-state index in [9.17, 15) is 9.59 Å². The van der Waals surface area contributed by atoms with E-state index in [0.717, 1.165) is 4.46 Å². The van der Waals surface area contributed by atoms with Gasteiger partial charge in [0.05, 0.1) is 0 Å². The fourth-order valence-electron chi connectivity index (χ4n) is 2.76. The monoisotopic (exact) mass is 485 g/mol. The minimum absolute atomic E-state index is 0.0374. The first-order valence-corrected chi connectivity index (χ1v) is 14.9. The van der Waals surface area contributed by atoms with Gasteiger partial charge in [-0.2, -0.15) is 0 Å². The topological polar surface area (TPSA) is 55.8 Å². The standard InChI is InChI=1S/C22H35NO4SeSi/c1-21(2,3)27-20(25)23-16(15-26-29(7,8)22(4,5)6)14-18(19(23)24)28-17-12-10-9-11-13-17/h9-13,16,18H,14-15H2,1-8H3/t16-,18?/m0/s1. The summed E-state index contributed by atoms with van der Waals surface area (Å²) >= 11 is -0.0374. The van der Waals surface area contributed by atoms with Crippen LogP contribution in [-0.2, 0) is 14.0 Å². The molecule has 29 heavy (non-hydrogen) atoms. The van der Waals surface area contributed by atoms with Crippen molar-refractivity contribution in [3.8, 4) is 0 Å². The molecule has 0 bridgehead atoms. The van der Waals surface area contributed by atoms with E-state index in [4.69, 9.17) is 9.16 Å². The zero-order valence-electron chi connectivity index (χ0n) is 18.9. The summed E-state index contributed by atoms with van der Waals surface area (Å²) in [6, 6.07) is 9.76. The van der Waals surface area contributed by atoms with Gasteiger partial charge in [0.15, 0.2) is 0 Å². The van der Waals surface area contributed by atoms with Gasteiger partial charge >= 0.3 is 183 Å². The Hall–Kier alpha value is -1.14. The van der Waals surface area contributed by atoms with Crippen LogP contribution in [-0.4, -0.2) is 58.4 Å². The first-order chi connectivity index (χ1) is 13.2. The Kier molecular flexibility index (Phi) is 7.42. The molecule has 7 heteroatoms. The van der Waals surface area contributed by atoms with Crippen molar-refractivity contribution in [1.29, 1.82) is 0 Å². The maximum atomic E-state index is 13.2. The van der Waals surface area contributed by atoms with Crippen molar-refractivity contribution in [1.82, 2.24) is 4.90 Å². The Morgan fingerprint density at radius 1 is 1.14 bits per heavy atom. The van der Waals surface area contributed by atoms with Crippen molar-refractivity contribution in [2.24, 2.45) is 0 Å². The van der Waals surface area contributed by atoms with Crippen LogP contribution in [0.3, 0.4) is 0 Å². The third-order valence-electron chi connectivity index (χ3n) is 5.42. The molecule has 2 rings (SSSR count). The Morgan fingerprint density at radius 3 is 2.24 bits per heavy atom. The van der Waals surface area contributed by atoms with Crippen LogP contribution >= 0.6 is 0 Å². The van der Waals surface area contributed by atoms with Gasteiger partial charge in [-0.15, -0.1) is 0 Å². The number of nitrogens with zero attached hydrogens (tertiary/aromatic N) is 1. The Morgan fingerprint density at radius 2 is 1.72 bits per heavy atom. The van der Waals surface area contributed by atoms with Crippen molar-refractivity contribution < 1.29 is 18.8 Å². The number of likely N-dealkylation sites (tertiary alicyclic amines) is 1. The Labute approximate surface area is 182 Å². The van der Waals surface area contributed by atoms with Gasteiger partial charge in [0.25, 0.3) is 0 Å². The second-order valence-corrected chi connectivity index (χ2v) is 17.6. The molecule has 2 amide bonds. The molecule has 1 heterocycles. The van der Waals surface area contributed by atoms with Gasteiger partial charge in [-0.1, -0.05) is 0 Å². The molecule has 1 saturated heterocycles. The number of imide groups is 1. The van der Waals surface area contributed by atoms with Crippen molar-refractivity contribution in [3.63, 3.8) is 0 Å². The summed E-state index contributed by atoms with van der Waals surface area (Å²) in [6.07, 6.45) is 0.0689. The second-order valence-electron chi connectivity index (χ2n) is 10.1. The van der Waals surface area contributed by atoms with Gasteiger partial charge in [0.1, 0.15) is 0 Å². The number of ether oxygens (including phenoxy) is 1. The summed E-state index contributed by atoms with van der Waals surface area (Å²) in [4.78, 5) is 27.2. The van der Waals surface area contributed by atoms with E-state index in [2.05, 4.69) is 33.9 Å². The molecule has 2 atom stereocenters. The van der Waals surface area contributed by atoms with Crippen LogP contribution in [0, 0.1) is 0 Å². The molecule has 0 spiro atoms. The molecule has 0 aromatic heterocycles. The molecule has 0 saturated carbocycles. The summed E-state index contributed by atoms with van der Waals surface area (Å²) in [5.74, 6) is -0.132. The van der Waals surface area contributed by atoms with Crippen molar-refractivity contribution in [2.75, 3.05) is 6.61 Å². The Balaban J connectivity index is 2.20. The summed E-state index contributed by atoms with van der Waals surface area (Å²) in [5.41, 5.74) is -0.648. The number of hydrogen-bond acceptors (Lipinski definition) is 4. The van der Waals surface area contributed by atoms with Crippen molar-refractivity contribution in [3.05, 3.63) is 30.3 Å². The van der Waals surface area contributed by atoms with E-state index in [1.165, 1.54) is 4.90 Å². The van der Waals surface area contributed by atoms with E-state index in [-0.39, 0.29) is 36.8 Å². The van der Waals surface area contributed by atoms with E-state index >= 15 is 0 Å².